The van der Waals surface area contributed by atoms with E-state index in [-0.39, 0.29) is 29.7 Å². The number of hydrogen-bond acceptors (Lipinski definition) is 3. The molecule has 2 atom stereocenters. The minimum atomic E-state index is -0.713. The van der Waals surface area contributed by atoms with Crippen LogP contribution in [0.2, 0.25) is 0 Å². The Morgan fingerprint density at radius 1 is 1.22 bits per heavy atom. The van der Waals surface area contributed by atoms with Crippen molar-refractivity contribution in [3.05, 3.63) is 71.3 Å². The zero-order valence-corrected chi connectivity index (χ0v) is 15.2. The molecule has 2 aromatic rings. The normalized spacial score (nSPS) is 17.9. The monoisotopic (exact) mass is 372 g/mol. The molecule has 0 saturated carbocycles. The molecular formula is C21H22F2N2O2. The van der Waals surface area contributed by atoms with Gasteiger partial charge in [0.25, 0.3) is 0 Å². The second-order valence-corrected chi connectivity index (χ2v) is 7.09. The zero-order chi connectivity index (χ0) is 19.7. The SMILES string of the molecule is CC(C)[C@@H](N)C(=O)N1CC(c2cc(F)ccc2F)=C[C@H]1c1cccc(O)c1. The number of aromatic hydroxyl groups is 1. The first-order chi connectivity index (χ1) is 12.8. The Hall–Kier alpha value is -2.73. The molecule has 6 heteroatoms. The fourth-order valence-corrected chi connectivity index (χ4v) is 3.21. The van der Waals surface area contributed by atoms with Crippen molar-refractivity contribution in [1.29, 1.82) is 0 Å². The number of carbonyl (C=O) groups is 1. The van der Waals surface area contributed by atoms with Crippen molar-refractivity contribution in [3.63, 3.8) is 0 Å². The Balaban J connectivity index is 2.04. The van der Waals surface area contributed by atoms with E-state index in [2.05, 4.69) is 0 Å². The van der Waals surface area contributed by atoms with Crippen LogP contribution in [0.3, 0.4) is 0 Å². The molecule has 1 aliphatic rings. The van der Waals surface area contributed by atoms with Crippen molar-refractivity contribution in [2.45, 2.75) is 25.9 Å². The Morgan fingerprint density at radius 3 is 2.63 bits per heavy atom. The van der Waals surface area contributed by atoms with Crippen LogP contribution in [0.4, 0.5) is 8.78 Å². The second-order valence-electron chi connectivity index (χ2n) is 7.09. The molecule has 0 aliphatic carbocycles. The topological polar surface area (TPSA) is 66.6 Å². The number of halogens is 2. The van der Waals surface area contributed by atoms with Crippen LogP contribution >= 0.6 is 0 Å². The highest BCUT2D eigenvalue weighted by atomic mass is 19.1. The fourth-order valence-electron chi connectivity index (χ4n) is 3.21. The highest BCUT2D eigenvalue weighted by molar-refractivity contribution is 5.87. The van der Waals surface area contributed by atoms with E-state index in [1.807, 2.05) is 13.8 Å². The number of phenolic OH excluding ortho intramolecular Hbond substituents is 1. The molecule has 4 nitrogen and oxygen atoms in total. The fraction of sp³-hybridized carbons (Fsp3) is 0.286. The third kappa shape index (κ3) is 3.85. The van der Waals surface area contributed by atoms with Crippen molar-refractivity contribution in [1.82, 2.24) is 4.90 Å². The zero-order valence-electron chi connectivity index (χ0n) is 15.2. The minimum Gasteiger partial charge on any atom is -0.508 e. The summed E-state index contributed by atoms with van der Waals surface area (Å²) in [5.41, 5.74) is 7.35. The van der Waals surface area contributed by atoms with Gasteiger partial charge in [0.05, 0.1) is 12.1 Å². The number of nitrogens with two attached hydrogens (primary N) is 1. The van der Waals surface area contributed by atoms with Crippen LogP contribution in [-0.2, 0) is 4.79 Å². The third-order valence-corrected chi connectivity index (χ3v) is 4.81. The van der Waals surface area contributed by atoms with E-state index in [0.717, 1.165) is 18.2 Å². The van der Waals surface area contributed by atoms with Gasteiger partial charge in [-0.05, 0) is 47.4 Å². The third-order valence-electron chi connectivity index (χ3n) is 4.81. The molecule has 3 N–H and O–H groups in total. The smallest absolute Gasteiger partial charge is 0.240 e. The maximum Gasteiger partial charge on any atom is 0.240 e. The number of hydrogen-bond donors (Lipinski definition) is 2. The van der Waals surface area contributed by atoms with Gasteiger partial charge in [-0.15, -0.1) is 0 Å². The van der Waals surface area contributed by atoms with Crippen molar-refractivity contribution in [2.24, 2.45) is 11.7 Å². The number of benzene rings is 2. The molecule has 0 radical (unpaired) electrons. The summed E-state index contributed by atoms with van der Waals surface area (Å²) in [6, 6.07) is 8.53. The Kier molecular flexibility index (Phi) is 5.28. The van der Waals surface area contributed by atoms with Crippen molar-refractivity contribution < 1.29 is 18.7 Å². The number of amides is 1. The molecule has 0 aromatic heterocycles. The summed E-state index contributed by atoms with van der Waals surface area (Å²) in [5, 5.41) is 9.80. The van der Waals surface area contributed by atoms with E-state index in [1.165, 1.54) is 6.07 Å². The molecule has 27 heavy (non-hydrogen) atoms. The Labute approximate surface area is 156 Å². The van der Waals surface area contributed by atoms with Crippen molar-refractivity contribution in [3.8, 4) is 5.75 Å². The molecule has 0 bridgehead atoms. The van der Waals surface area contributed by atoms with Gasteiger partial charge in [-0.25, -0.2) is 8.78 Å². The number of carbonyl (C=O) groups excluding carboxylic acids is 1. The molecule has 0 saturated heterocycles. The van der Waals surface area contributed by atoms with E-state index in [9.17, 15) is 18.7 Å². The first kappa shape index (κ1) is 19.0. The van der Waals surface area contributed by atoms with Gasteiger partial charge >= 0.3 is 0 Å². The van der Waals surface area contributed by atoms with Crippen LogP contribution < -0.4 is 5.73 Å². The summed E-state index contributed by atoms with van der Waals surface area (Å²) < 4.78 is 27.9. The van der Waals surface area contributed by atoms with Gasteiger partial charge in [-0.2, -0.15) is 0 Å². The molecule has 0 unspecified atom stereocenters. The van der Waals surface area contributed by atoms with Gasteiger partial charge in [-0.1, -0.05) is 32.1 Å². The average molecular weight is 372 g/mol. The quantitative estimate of drug-likeness (QED) is 0.861. The lowest BCUT2D eigenvalue weighted by atomic mass is 10.0. The summed E-state index contributed by atoms with van der Waals surface area (Å²) in [7, 11) is 0. The molecule has 3 rings (SSSR count). The van der Waals surface area contributed by atoms with Gasteiger partial charge in [0.15, 0.2) is 0 Å². The molecule has 0 spiro atoms. The summed E-state index contributed by atoms with van der Waals surface area (Å²) >= 11 is 0. The first-order valence-electron chi connectivity index (χ1n) is 8.79. The maximum atomic E-state index is 14.3. The molecular weight excluding hydrogens is 350 g/mol. The van der Waals surface area contributed by atoms with Gasteiger partial charge in [0.1, 0.15) is 17.4 Å². The molecule has 142 valence electrons. The van der Waals surface area contributed by atoms with Crippen molar-refractivity contribution in [2.75, 3.05) is 6.54 Å². The summed E-state index contributed by atoms with van der Waals surface area (Å²) in [6.45, 7) is 3.81. The van der Waals surface area contributed by atoms with E-state index in [0.29, 0.717) is 11.1 Å². The highest BCUT2D eigenvalue weighted by Gasteiger charge is 2.35. The van der Waals surface area contributed by atoms with E-state index >= 15 is 0 Å². The number of nitrogens with zero attached hydrogens (tertiary/aromatic N) is 1. The standard InChI is InChI=1S/C21H22F2N2O2/c1-12(2)20(24)21(27)25-11-14(17-10-15(22)6-7-18(17)23)9-19(25)13-4-3-5-16(26)8-13/h3-10,12,19-20,26H,11,24H2,1-2H3/t19-,20+/m0/s1. The molecule has 1 aliphatic heterocycles. The maximum absolute atomic E-state index is 14.3. The van der Waals surface area contributed by atoms with Gasteiger partial charge < -0.3 is 15.7 Å². The second kappa shape index (κ2) is 7.48. The minimum absolute atomic E-state index is 0.0619. The van der Waals surface area contributed by atoms with Gasteiger partial charge in [-0.3, -0.25) is 4.79 Å². The lowest BCUT2D eigenvalue weighted by Crippen LogP contribution is -2.46. The summed E-state index contributed by atoms with van der Waals surface area (Å²) in [5.74, 6) is -1.39. The summed E-state index contributed by atoms with van der Waals surface area (Å²) in [4.78, 5) is 14.5. The molecule has 1 heterocycles. The number of rotatable bonds is 4. The lowest BCUT2D eigenvalue weighted by molar-refractivity contribution is -0.134. The highest BCUT2D eigenvalue weighted by Crippen LogP contribution is 2.37. The lowest BCUT2D eigenvalue weighted by Gasteiger charge is -2.29. The molecule has 2 aromatic carbocycles. The average Bonchev–Trinajstić information content (AvgIpc) is 3.07. The molecule has 0 fully saturated rings. The van der Waals surface area contributed by atoms with Crippen LogP contribution in [0.25, 0.3) is 5.57 Å². The van der Waals surface area contributed by atoms with E-state index < -0.39 is 23.7 Å². The van der Waals surface area contributed by atoms with Crippen molar-refractivity contribution >= 4 is 11.5 Å². The van der Waals surface area contributed by atoms with Gasteiger partial charge in [0, 0.05) is 12.1 Å². The van der Waals surface area contributed by atoms with Gasteiger partial charge in [0.2, 0.25) is 5.91 Å². The predicted molar refractivity (Wildman–Crippen MR) is 99.7 cm³/mol. The number of phenols is 1. The van der Waals surface area contributed by atoms with Crippen LogP contribution in [0.5, 0.6) is 5.75 Å². The first-order valence-corrected chi connectivity index (χ1v) is 8.79. The Bertz CT molecular complexity index is 896. The predicted octanol–water partition coefficient (Wildman–Crippen LogP) is 3.62. The molecule has 1 amide bonds. The van der Waals surface area contributed by atoms with Crippen LogP contribution in [0.1, 0.15) is 31.0 Å². The van der Waals surface area contributed by atoms with Crippen LogP contribution in [-0.4, -0.2) is 28.5 Å². The van der Waals surface area contributed by atoms with E-state index in [4.69, 9.17) is 5.73 Å². The largest absolute Gasteiger partial charge is 0.508 e. The van der Waals surface area contributed by atoms with E-state index in [1.54, 1.807) is 29.2 Å². The summed E-state index contributed by atoms with van der Waals surface area (Å²) in [6.07, 6.45) is 1.72. The van der Waals surface area contributed by atoms with Crippen LogP contribution in [0, 0.1) is 17.6 Å². The van der Waals surface area contributed by atoms with Crippen LogP contribution in [0.15, 0.2) is 48.5 Å². The Morgan fingerprint density at radius 2 is 1.96 bits per heavy atom.